The fourth-order valence-electron chi connectivity index (χ4n) is 1.35. The molecule has 86 valence electrons. The van der Waals surface area contributed by atoms with Gasteiger partial charge in [0, 0.05) is 12.9 Å². The van der Waals surface area contributed by atoms with Crippen LogP contribution in [0, 0.1) is 0 Å². The molecular weight excluding hydrogens is 224 g/mol. The molecule has 0 radical (unpaired) electrons. The van der Waals surface area contributed by atoms with Crippen LogP contribution in [-0.4, -0.2) is 23.5 Å². The number of fused-ring (bicyclic) bond motifs is 1. The Kier molecular flexibility index (Phi) is 2.80. The van der Waals surface area contributed by atoms with Crippen molar-refractivity contribution in [3.63, 3.8) is 0 Å². The number of para-hydroxylation sites is 2. The van der Waals surface area contributed by atoms with Crippen LogP contribution in [0.1, 0.15) is 13.8 Å². The molecule has 0 aliphatic rings. The van der Waals surface area contributed by atoms with Crippen molar-refractivity contribution in [2.45, 2.75) is 19.4 Å². The highest BCUT2D eigenvalue weighted by Crippen LogP contribution is 2.26. The van der Waals surface area contributed by atoms with Crippen LogP contribution >= 0.6 is 11.6 Å². The molecule has 0 N–H and O–H groups in total. The van der Waals surface area contributed by atoms with Crippen LogP contribution in [0.5, 0.6) is 0 Å². The van der Waals surface area contributed by atoms with E-state index < -0.39 is 0 Å². The van der Waals surface area contributed by atoms with E-state index in [9.17, 15) is 0 Å². The second-order valence-corrected chi connectivity index (χ2v) is 4.74. The summed E-state index contributed by atoms with van der Waals surface area (Å²) < 4.78 is 5.67. The molecule has 0 saturated heterocycles. The zero-order chi connectivity index (χ0) is 11.8. The molecule has 0 aliphatic carbocycles. The quantitative estimate of drug-likeness (QED) is 0.769. The van der Waals surface area contributed by atoms with Gasteiger partial charge in [0.1, 0.15) is 5.52 Å². The molecule has 1 heterocycles. The molecule has 0 unspecified atom stereocenters. The smallest absolute Gasteiger partial charge is 0.298 e. The number of halogens is 1. The van der Waals surface area contributed by atoms with Crippen molar-refractivity contribution >= 4 is 28.7 Å². The number of benzene rings is 1. The van der Waals surface area contributed by atoms with Crippen LogP contribution < -0.4 is 4.90 Å². The van der Waals surface area contributed by atoms with Gasteiger partial charge >= 0.3 is 0 Å². The summed E-state index contributed by atoms with van der Waals surface area (Å²) in [5, 5.41) is 0. The van der Waals surface area contributed by atoms with Gasteiger partial charge in [-0.15, -0.1) is 11.6 Å². The Bertz CT molecular complexity index is 459. The molecule has 0 fully saturated rings. The van der Waals surface area contributed by atoms with Gasteiger partial charge in [0.15, 0.2) is 5.58 Å². The van der Waals surface area contributed by atoms with Gasteiger partial charge in [0.2, 0.25) is 0 Å². The number of hydrogen-bond acceptors (Lipinski definition) is 3. The van der Waals surface area contributed by atoms with Crippen molar-refractivity contribution < 1.29 is 4.42 Å². The monoisotopic (exact) mass is 238 g/mol. The van der Waals surface area contributed by atoms with Gasteiger partial charge in [0.05, 0.1) is 5.54 Å². The zero-order valence-corrected chi connectivity index (χ0v) is 10.5. The minimum absolute atomic E-state index is 0.178. The first-order valence-electron chi connectivity index (χ1n) is 5.20. The average Bonchev–Trinajstić information content (AvgIpc) is 2.71. The van der Waals surface area contributed by atoms with E-state index >= 15 is 0 Å². The highest BCUT2D eigenvalue weighted by molar-refractivity contribution is 6.18. The molecule has 0 atom stereocenters. The zero-order valence-electron chi connectivity index (χ0n) is 9.70. The van der Waals surface area contributed by atoms with E-state index in [0.717, 1.165) is 11.1 Å². The molecule has 1 aromatic carbocycles. The molecule has 2 rings (SSSR count). The average molecular weight is 239 g/mol. The second kappa shape index (κ2) is 3.98. The largest absolute Gasteiger partial charge is 0.423 e. The maximum absolute atomic E-state index is 5.93. The number of aromatic nitrogens is 1. The predicted octanol–water partition coefficient (Wildman–Crippen LogP) is 3.28. The Morgan fingerprint density at radius 3 is 2.69 bits per heavy atom. The predicted molar refractivity (Wildman–Crippen MR) is 67.2 cm³/mol. The molecule has 0 spiro atoms. The highest BCUT2D eigenvalue weighted by Gasteiger charge is 2.26. The third-order valence-corrected chi connectivity index (χ3v) is 3.46. The van der Waals surface area contributed by atoms with E-state index in [-0.39, 0.29) is 5.54 Å². The van der Waals surface area contributed by atoms with Gasteiger partial charge in [-0.1, -0.05) is 12.1 Å². The molecule has 3 nitrogen and oxygen atoms in total. The number of alkyl halides is 1. The van der Waals surface area contributed by atoms with Gasteiger partial charge in [-0.25, -0.2) is 0 Å². The summed E-state index contributed by atoms with van der Waals surface area (Å²) in [4.78, 5) is 6.39. The summed E-state index contributed by atoms with van der Waals surface area (Å²) in [6.07, 6.45) is 0. The Balaban J connectivity index is 2.40. The Morgan fingerprint density at radius 2 is 2.06 bits per heavy atom. The van der Waals surface area contributed by atoms with E-state index in [1.165, 1.54) is 0 Å². The topological polar surface area (TPSA) is 29.3 Å². The van der Waals surface area contributed by atoms with Gasteiger partial charge in [0.25, 0.3) is 6.01 Å². The number of anilines is 1. The van der Waals surface area contributed by atoms with E-state index in [2.05, 4.69) is 18.8 Å². The lowest BCUT2D eigenvalue weighted by molar-refractivity contribution is 0.481. The number of rotatable bonds is 3. The van der Waals surface area contributed by atoms with Crippen molar-refractivity contribution in [2.24, 2.45) is 0 Å². The van der Waals surface area contributed by atoms with Crippen molar-refractivity contribution in [1.29, 1.82) is 0 Å². The SMILES string of the molecule is CN(c1nc2ccccc2o1)C(C)(C)CCl. The Labute approximate surface area is 100 Å². The molecule has 0 aliphatic heterocycles. The standard InChI is InChI=1S/C12H15ClN2O/c1-12(2,8-13)15(3)11-14-9-6-4-5-7-10(9)16-11/h4-7H,8H2,1-3H3. The Hall–Kier alpha value is -1.22. The van der Waals surface area contributed by atoms with E-state index in [1.807, 2.05) is 36.2 Å². The van der Waals surface area contributed by atoms with Gasteiger partial charge in [-0.3, -0.25) is 0 Å². The highest BCUT2D eigenvalue weighted by atomic mass is 35.5. The summed E-state index contributed by atoms with van der Waals surface area (Å²) in [6.45, 7) is 4.10. The third-order valence-electron chi connectivity index (χ3n) is 2.80. The second-order valence-electron chi connectivity index (χ2n) is 4.47. The fourth-order valence-corrected chi connectivity index (χ4v) is 1.53. The summed E-state index contributed by atoms with van der Waals surface area (Å²) in [5.41, 5.74) is 1.49. The maximum Gasteiger partial charge on any atom is 0.298 e. The van der Waals surface area contributed by atoms with Crippen LogP contribution in [0.3, 0.4) is 0 Å². The van der Waals surface area contributed by atoms with Gasteiger partial charge < -0.3 is 9.32 Å². The van der Waals surface area contributed by atoms with Crippen molar-refractivity contribution in [2.75, 3.05) is 17.8 Å². The van der Waals surface area contributed by atoms with E-state index in [4.69, 9.17) is 16.0 Å². The first kappa shape index (κ1) is 11.3. The maximum atomic E-state index is 5.93. The van der Waals surface area contributed by atoms with Crippen molar-refractivity contribution in [1.82, 2.24) is 4.98 Å². The fraction of sp³-hybridized carbons (Fsp3) is 0.417. The summed E-state index contributed by atoms with van der Waals surface area (Å²) >= 11 is 5.93. The molecular formula is C12H15ClN2O. The van der Waals surface area contributed by atoms with E-state index in [1.54, 1.807) is 0 Å². The molecule has 16 heavy (non-hydrogen) atoms. The first-order chi connectivity index (χ1) is 7.54. The number of oxazole rings is 1. The Morgan fingerprint density at radius 1 is 1.38 bits per heavy atom. The molecule has 4 heteroatoms. The van der Waals surface area contributed by atoms with Crippen LogP contribution in [0.4, 0.5) is 6.01 Å². The molecule has 0 saturated carbocycles. The van der Waals surface area contributed by atoms with Gasteiger partial charge in [-0.05, 0) is 26.0 Å². The molecule has 2 aromatic rings. The van der Waals surface area contributed by atoms with Crippen LogP contribution in [-0.2, 0) is 0 Å². The van der Waals surface area contributed by atoms with Crippen molar-refractivity contribution in [3.8, 4) is 0 Å². The molecule has 1 aromatic heterocycles. The lowest BCUT2D eigenvalue weighted by Gasteiger charge is -2.32. The number of hydrogen-bond donors (Lipinski definition) is 0. The first-order valence-corrected chi connectivity index (χ1v) is 5.73. The lowest BCUT2D eigenvalue weighted by Crippen LogP contribution is -2.43. The summed E-state index contributed by atoms with van der Waals surface area (Å²) in [6, 6.07) is 8.33. The normalized spacial score (nSPS) is 12.0. The minimum Gasteiger partial charge on any atom is -0.423 e. The van der Waals surface area contributed by atoms with Crippen LogP contribution in [0.2, 0.25) is 0 Å². The molecule has 0 bridgehead atoms. The minimum atomic E-state index is -0.178. The lowest BCUT2D eigenvalue weighted by atomic mass is 10.1. The summed E-state index contributed by atoms with van der Waals surface area (Å²) in [7, 11) is 1.94. The summed E-state index contributed by atoms with van der Waals surface area (Å²) in [5.74, 6) is 0.516. The van der Waals surface area contributed by atoms with Crippen molar-refractivity contribution in [3.05, 3.63) is 24.3 Å². The van der Waals surface area contributed by atoms with Gasteiger partial charge in [-0.2, -0.15) is 4.98 Å². The van der Waals surface area contributed by atoms with Crippen LogP contribution in [0.15, 0.2) is 28.7 Å². The number of nitrogens with zero attached hydrogens (tertiary/aromatic N) is 2. The van der Waals surface area contributed by atoms with Crippen LogP contribution in [0.25, 0.3) is 11.1 Å². The van der Waals surface area contributed by atoms with E-state index in [0.29, 0.717) is 11.9 Å². The third kappa shape index (κ3) is 1.87. The molecule has 0 amide bonds.